The van der Waals surface area contributed by atoms with E-state index in [1.165, 1.54) is 11.8 Å². The Bertz CT molecular complexity index is 1200. The summed E-state index contributed by atoms with van der Waals surface area (Å²) in [5, 5.41) is 12.3. The lowest BCUT2D eigenvalue weighted by Crippen LogP contribution is -2.25. The summed E-state index contributed by atoms with van der Waals surface area (Å²) in [6.45, 7) is 1.92. The molecule has 2 aromatic carbocycles. The van der Waals surface area contributed by atoms with Gasteiger partial charge in [-0.25, -0.2) is 4.98 Å². The van der Waals surface area contributed by atoms with Crippen LogP contribution in [-0.2, 0) is 4.79 Å². The van der Waals surface area contributed by atoms with E-state index in [-0.39, 0.29) is 5.91 Å². The molecule has 1 atom stereocenters. The number of aromatic amines is 1. The number of rotatable bonds is 6. The summed E-state index contributed by atoms with van der Waals surface area (Å²) in [6.07, 6.45) is 0.587. The van der Waals surface area contributed by atoms with E-state index in [0.717, 1.165) is 10.9 Å². The third kappa shape index (κ3) is 3.90. The van der Waals surface area contributed by atoms with Crippen LogP contribution in [0.5, 0.6) is 0 Å². The monoisotopic (exact) mass is 406 g/mol. The Kier molecular flexibility index (Phi) is 5.13. The second-order valence-corrected chi connectivity index (χ2v) is 7.58. The summed E-state index contributed by atoms with van der Waals surface area (Å²) in [4.78, 5) is 31.6. The second-order valence-electron chi connectivity index (χ2n) is 6.41. The van der Waals surface area contributed by atoms with Gasteiger partial charge in [0.15, 0.2) is 5.65 Å². The lowest BCUT2D eigenvalue weighted by atomic mass is 10.2. The van der Waals surface area contributed by atoms with Crippen molar-refractivity contribution in [1.82, 2.24) is 20.2 Å². The van der Waals surface area contributed by atoms with Crippen LogP contribution in [0.4, 0.5) is 5.69 Å². The maximum atomic E-state index is 12.7. The number of hydrogen-bond acceptors (Lipinski definition) is 6. The van der Waals surface area contributed by atoms with Gasteiger partial charge in [0, 0.05) is 22.2 Å². The number of anilines is 1. The van der Waals surface area contributed by atoms with Gasteiger partial charge in [-0.1, -0.05) is 36.9 Å². The molecule has 4 rings (SSSR count). The number of fused-ring (bicyclic) bond motifs is 3. The Balaban J connectivity index is 1.51. The molecule has 0 saturated carbocycles. The minimum Gasteiger partial charge on any atom is -0.366 e. The van der Waals surface area contributed by atoms with E-state index >= 15 is 0 Å². The van der Waals surface area contributed by atoms with Crippen LogP contribution >= 0.6 is 11.8 Å². The summed E-state index contributed by atoms with van der Waals surface area (Å²) < 4.78 is 0. The quantitative estimate of drug-likeness (QED) is 0.422. The Hall–Kier alpha value is -3.46. The van der Waals surface area contributed by atoms with Gasteiger partial charge in [-0.2, -0.15) is 0 Å². The number of nitrogens with zero attached hydrogens (tertiary/aromatic N) is 3. The van der Waals surface area contributed by atoms with Crippen molar-refractivity contribution in [1.29, 1.82) is 0 Å². The highest BCUT2D eigenvalue weighted by Crippen LogP contribution is 2.27. The topological polar surface area (TPSA) is 127 Å². The molecule has 0 fully saturated rings. The van der Waals surface area contributed by atoms with Crippen LogP contribution in [0, 0.1) is 0 Å². The van der Waals surface area contributed by atoms with Crippen LogP contribution in [0.15, 0.2) is 53.7 Å². The molecule has 0 radical (unpaired) electrons. The molecule has 4 N–H and O–H groups in total. The number of thioether (sulfide) groups is 1. The van der Waals surface area contributed by atoms with E-state index in [0.29, 0.717) is 34.0 Å². The average Bonchev–Trinajstić information content (AvgIpc) is 3.10. The molecule has 1 unspecified atom stereocenters. The van der Waals surface area contributed by atoms with Gasteiger partial charge < -0.3 is 16.0 Å². The SMILES string of the molecule is CCC(Sc1nnc2c(n1)[nH]c1ccccc12)C(=O)Nc1ccc(C(N)=O)cc1. The van der Waals surface area contributed by atoms with Gasteiger partial charge in [0.05, 0.1) is 5.25 Å². The summed E-state index contributed by atoms with van der Waals surface area (Å²) in [6, 6.07) is 14.2. The number of primary amides is 1. The van der Waals surface area contributed by atoms with E-state index in [4.69, 9.17) is 5.73 Å². The molecule has 8 nitrogen and oxygen atoms in total. The van der Waals surface area contributed by atoms with Gasteiger partial charge in [0.1, 0.15) is 5.52 Å². The molecule has 29 heavy (non-hydrogen) atoms. The maximum absolute atomic E-state index is 12.7. The predicted octanol–water partition coefficient (Wildman–Crippen LogP) is 3.11. The van der Waals surface area contributed by atoms with Crippen molar-refractivity contribution in [2.45, 2.75) is 23.8 Å². The minimum absolute atomic E-state index is 0.176. The third-order valence-corrected chi connectivity index (χ3v) is 5.67. The van der Waals surface area contributed by atoms with E-state index in [1.54, 1.807) is 24.3 Å². The van der Waals surface area contributed by atoms with Crippen LogP contribution in [0.3, 0.4) is 0 Å². The smallest absolute Gasteiger partial charge is 0.248 e. The normalized spacial score (nSPS) is 12.2. The number of benzene rings is 2. The second kappa shape index (κ2) is 7.88. The zero-order valence-electron chi connectivity index (χ0n) is 15.5. The van der Waals surface area contributed by atoms with Crippen molar-refractivity contribution < 1.29 is 9.59 Å². The number of carbonyl (C=O) groups excluding carboxylic acids is 2. The molecule has 2 heterocycles. The highest BCUT2D eigenvalue weighted by Gasteiger charge is 2.21. The minimum atomic E-state index is -0.512. The first-order valence-corrected chi connectivity index (χ1v) is 9.91. The zero-order valence-corrected chi connectivity index (χ0v) is 16.4. The van der Waals surface area contributed by atoms with Crippen molar-refractivity contribution in [3.63, 3.8) is 0 Å². The summed E-state index contributed by atoms with van der Waals surface area (Å²) in [5.74, 6) is -0.688. The number of nitrogens with one attached hydrogen (secondary N) is 2. The number of H-pyrrole nitrogens is 1. The first kappa shape index (κ1) is 18.9. The van der Waals surface area contributed by atoms with Crippen molar-refractivity contribution in [3.8, 4) is 0 Å². The largest absolute Gasteiger partial charge is 0.366 e. The Labute approximate surface area is 170 Å². The maximum Gasteiger partial charge on any atom is 0.248 e. The molecule has 0 aliphatic carbocycles. The van der Waals surface area contributed by atoms with Crippen LogP contribution in [0.25, 0.3) is 22.1 Å². The molecular weight excluding hydrogens is 388 g/mol. The van der Waals surface area contributed by atoms with Gasteiger partial charge >= 0.3 is 0 Å². The van der Waals surface area contributed by atoms with Crippen LogP contribution in [-0.4, -0.2) is 37.2 Å². The molecule has 4 aromatic rings. The molecule has 146 valence electrons. The first-order chi connectivity index (χ1) is 14.0. The predicted molar refractivity (Wildman–Crippen MR) is 113 cm³/mol. The standard InChI is InChI=1S/C20H18N6O2S/c1-2-15(19(28)22-12-9-7-11(8-10-12)17(21)27)29-20-24-18-16(25-26-20)13-5-3-4-6-14(13)23-18/h3-10,15H,2H2,1H3,(H2,21,27)(H,22,28)(H,23,24,26). The number of hydrogen-bond donors (Lipinski definition) is 3. The number of carbonyl (C=O) groups is 2. The van der Waals surface area contributed by atoms with Gasteiger partial charge in [-0.15, -0.1) is 10.2 Å². The number of amides is 2. The van der Waals surface area contributed by atoms with Gasteiger partial charge in [-0.3, -0.25) is 9.59 Å². The summed E-state index contributed by atoms with van der Waals surface area (Å²) in [7, 11) is 0. The molecule has 0 aliphatic rings. The first-order valence-electron chi connectivity index (χ1n) is 9.03. The fraction of sp³-hybridized carbons (Fsp3) is 0.150. The fourth-order valence-corrected chi connectivity index (χ4v) is 3.76. The van der Waals surface area contributed by atoms with Crippen molar-refractivity contribution in [3.05, 3.63) is 54.1 Å². The lowest BCUT2D eigenvalue weighted by molar-refractivity contribution is -0.115. The number of para-hydroxylation sites is 1. The number of aromatic nitrogens is 4. The van der Waals surface area contributed by atoms with Gasteiger partial charge in [0.25, 0.3) is 0 Å². The van der Waals surface area contributed by atoms with E-state index in [2.05, 4.69) is 25.5 Å². The van der Waals surface area contributed by atoms with E-state index in [9.17, 15) is 9.59 Å². The van der Waals surface area contributed by atoms with Crippen molar-refractivity contribution in [2.24, 2.45) is 5.73 Å². The highest BCUT2D eigenvalue weighted by molar-refractivity contribution is 8.00. The molecule has 0 saturated heterocycles. The summed E-state index contributed by atoms with van der Waals surface area (Å²) >= 11 is 1.26. The zero-order chi connectivity index (χ0) is 20.4. The molecule has 0 spiro atoms. The summed E-state index contributed by atoms with van der Waals surface area (Å²) in [5.41, 5.74) is 8.49. The van der Waals surface area contributed by atoms with Crippen LogP contribution in [0.2, 0.25) is 0 Å². The molecule has 0 bridgehead atoms. The molecule has 2 aromatic heterocycles. The van der Waals surface area contributed by atoms with Crippen LogP contribution in [0.1, 0.15) is 23.7 Å². The van der Waals surface area contributed by atoms with Gasteiger partial charge in [-0.05, 0) is 36.8 Å². The fourth-order valence-electron chi connectivity index (χ4n) is 2.95. The van der Waals surface area contributed by atoms with Crippen molar-refractivity contribution in [2.75, 3.05) is 5.32 Å². The Morgan fingerprint density at radius 1 is 1.14 bits per heavy atom. The van der Waals surface area contributed by atoms with Crippen LogP contribution < -0.4 is 11.1 Å². The molecular formula is C20H18N6O2S. The van der Waals surface area contributed by atoms with E-state index in [1.807, 2.05) is 31.2 Å². The molecule has 2 amide bonds. The molecule has 0 aliphatic heterocycles. The third-order valence-electron chi connectivity index (χ3n) is 4.45. The number of nitrogens with two attached hydrogens (primary N) is 1. The average molecular weight is 406 g/mol. The lowest BCUT2D eigenvalue weighted by Gasteiger charge is -2.13. The Morgan fingerprint density at radius 3 is 2.62 bits per heavy atom. The van der Waals surface area contributed by atoms with Crippen molar-refractivity contribution >= 4 is 51.3 Å². The van der Waals surface area contributed by atoms with Gasteiger partial charge in [0.2, 0.25) is 17.0 Å². The van der Waals surface area contributed by atoms with E-state index < -0.39 is 11.2 Å². The highest BCUT2D eigenvalue weighted by atomic mass is 32.2. The molecule has 9 heteroatoms. The Morgan fingerprint density at radius 2 is 1.90 bits per heavy atom.